The summed E-state index contributed by atoms with van der Waals surface area (Å²) in [5, 5.41) is 12.6. The van der Waals surface area contributed by atoms with Gasteiger partial charge in [-0.1, -0.05) is 11.6 Å². The third kappa shape index (κ3) is 2.94. The quantitative estimate of drug-likeness (QED) is 0.421. The van der Waals surface area contributed by atoms with Gasteiger partial charge in [-0.05, 0) is 6.08 Å². The van der Waals surface area contributed by atoms with Crippen LogP contribution in [0.25, 0.3) is 0 Å². The Labute approximate surface area is 98.2 Å². The molecule has 0 radical (unpaired) electrons. The molecule has 0 saturated carbocycles. The van der Waals surface area contributed by atoms with E-state index in [2.05, 4.69) is 5.32 Å². The SMILES string of the molecule is COC1(Cl)C=CC([N+](=O)[O-])=C(NCCN)C1. The zero-order valence-electron chi connectivity index (χ0n) is 8.90. The Morgan fingerprint density at radius 1 is 1.81 bits per heavy atom. The first-order valence-corrected chi connectivity index (χ1v) is 5.15. The third-order valence-electron chi connectivity index (χ3n) is 2.24. The Morgan fingerprint density at radius 3 is 3.00 bits per heavy atom. The van der Waals surface area contributed by atoms with Crippen LogP contribution >= 0.6 is 11.6 Å². The average molecular weight is 248 g/mol. The molecular formula is C9H14ClN3O3. The predicted molar refractivity (Wildman–Crippen MR) is 60.4 cm³/mol. The standard InChI is InChI=1S/C9H14ClN3O3/c1-16-9(10)3-2-8(13(14)15)7(6-9)12-5-4-11/h2-3,12H,4-6,11H2,1H3. The van der Waals surface area contributed by atoms with Gasteiger partial charge in [0.05, 0.1) is 10.6 Å². The molecule has 1 rings (SSSR count). The second kappa shape index (κ2) is 5.29. The van der Waals surface area contributed by atoms with E-state index in [0.29, 0.717) is 18.8 Å². The lowest BCUT2D eigenvalue weighted by Crippen LogP contribution is -2.33. The van der Waals surface area contributed by atoms with E-state index < -0.39 is 9.98 Å². The number of nitrogens with zero attached hydrogens (tertiary/aromatic N) is 1. The lowest BCUT2D eigenvalue weighted by Gasteiger charge is -2.26. The van der Waals surface area contributed by atoms with Crippen LogP contribution in [0.15, 0.2) is 23.5 Å². The van der Waals surface area contributed by atoms with Crippen molar-refractivity contribution in [3.8, 4) is 0 Å². The van der Waals surface area contributed by atoms with Crippen molar-refractivity contribution in [2.75, 3.05) is 20.2 Å². The molecule has 6 nitrogen and oxygen atoms in total. The van der Waals surface area contributed by atoms with Gasteiger partial charge in [-0.15, -0.1) is 0 Å². The highest BCUT2D eigenvalue weighted by Crippen LogP contribution is 2.32. The average Bonchev–Trinajstić information content (AvgIpc) is 2.26. The van der Waals surface area contributed by atoms with Gasteiger partial charge in [-0.3, -0.25) is 10.1 Å². The van der Waals surface area contributed by atoms with Crippen LogP contribution in [0.2, 0.25) is 0 Å². The van der Waals surface area contributed by atoms with Crippen molar-refractivity contribution in [2.24, 2.45) is 5.73 Å². The van der Waals surface area contributed by atoms with Crippen LogP contribution < -0.4 is 11.1 Å². The number of allylic oxidation sites excluding steroid dienone is 1. The van der Waals surface area contributed by atoms with Crippen LogP contribution in [0.1, 0.15) is 6.42 Å². The lowest BCUT2D eigenvalue weighted by molar-refractivity contribution is -0.421. The maximum atomic E-state index is 10.8. The molecule has 0 spiro atoms. The second-order valence-corrected chi connectivity index (χ2v) is 3.98. The Kier molecular flexibility index (Phi) is 4.28. The molecule has 0 aromatic rings. The van der Waals surface area contributed by atoms with E-state index in [4.69, 9.17) is 22.1 Å². The molecular weight excluding hydrogens is 234 g/mol. The summed E-state index contributed by atoms with van der Waals surface area (Å²) in [4.78, 5) is 10.3. The highest BCUT2D eigenvalue weighted by Gasteiger charge is 2.33. The number of rotatable bonds is 5. The van der Waals surface area contributed by atoms with Gasteiger partial charge in [0.25, 0.3) is 5.70 Å². The van der Waals surface area contributed by atoms with Gasteiger partial charge in [0.1, 0.15) is 0 Å². The molecule has 0 saturated heterocycles. The molecule has 0 amide bonds. The summed E-state index contributed by atoms with van der Waals surface area (Å²) in [6, 6.07) is 0. The van der Waals surface area contributed by atoms with Crippen LogP contribution in [-0.2, 0) is 4.74 Å². The molecule has 0 aromatic heterocycles. The zero-order chi connectivity index (χ0) is 12.2. The van der Waals surface area contributed by atoms with Crippen LogP contribution in [0, 0.1) is 10.1 Å². The molecule has 1 unspecified atom stereocenters. The van der Waals surface area contributed by atoms with E-state index in [0.717, 1.165) is 0 Å². The van der Waals surface area contributed by atoms with Gasteiger partial charge < -0.3 is 15.8 Å². The van der Waals surface area contributed by atoms with Gasteiger partial charge in [-0.25, -0.2) is 0 Å². The third-order valence-corrected chi connectivity index (χ3v) is 2.65. The smallest absolute Gasteiger partial charge is 0.288 e. The molecule has 90 valence electrons. The Bertz CT molecular complexity index is 343. The number of nitro groups is 1. The van der Waals surface area contributed by atoms with E-state index in [-0.39, 0.29) is 12.1 Å². The minimum Gasteiger partial charge on any atom is -0.381 e. The number of methoxy groups -OCH3 is 1. The molecule has 0 heterocycles. The number of halogens is 1. The van der Waals surface area contributed by atoms with Crippen LogP contribution in [-0.4, -0.2) is 30.2 Å². The fourth-order valence-electron chi connectivity index (χ4n) is 1.38. The molecule has 0 bridgehead atoms. The molecule has 0 aromatic carbocycles. The Balaban J connectivity index is 2.91. The molecule has 1 aliphatic rings. The van der Waals surface area contributed by atoms with Crippen LogP contribution in [0.5, 0.6) is 0 Å². The number of hydrogen-bond donors (Lipinski definition) is 2. The first-order chi connectivity index (χ1) is 7.52. The minimum atomic E-state index is -1.02. The van der Waals surface area contributed by atoms with Crippen LogP contribution in [0.4, 0.5) is 0 Å². The van der Waals surface area contributed by atoms with Crippen molar-refractivity contribution < 1.29 is 9.66 Å². The van der Waals surface area contributed by atoms with E-state index in [9.17, 15) is 10.1 Å². The van der Waals surface area contributed by atoms with E-state index in [1.165, 1.54) is 19.3 Å². The summed E-state index contributed by atoms with van der Waals surface area (Å²) in [5.74, 6) is 0. The fourth-order valence-corrected chi connectivity index (χ4v) is 1.58. The number of nitrogens with two attached hydrogens (primary N) is 1. The zero-order valence-corrected chi connectivity index (χ0v) is 9.66. The first kappa shape index (κ1) is 13.0. The molecule has 16 heavy (non-hydrogen) atoms. The molecule has 1 aliphatic carbocycles. The van der Waals surface area contributed by atoms with Crippen molar-refractivity contribution in [1.29, 1.82) is 0 Å². The summed E-state index contributed by atoms with van der Waals surface area (Å²) in [7, 11) is 1.45. The van der Waals surface area contributed by atoms with Crippen molar-refractivity contribution in [3.05, 3.63) is 33.7 Å². The maximum Gasteiger partial charge on any atom is 0.288 e. The largest absolute Gasteiger partial charge is 0.381 e. The summed E-state index contributed by atoms with van der Waals surface area (Å²) >= 11 is 6.07. The van der Waals surface area contributed by atoms with Crippen molar-refractivity contribution >= 4 is 11.6 Å². The minimum absolute atomic E-state index is 0.00164. The Hall–Kier alpha value is -1.11. The normalized spacial score (nSPS) is 24.7. The summed E-state index contributed by atoms with van der Waals surface area (Å²) in [5.41, 5.74) is 5.77. The predicted octanol–water partition coefficient (Wildman–Crippen LogP) is 0.564. The van der Waals surface area contributed by atoms with Crippen molar-refractivity contribution in [1.82, 2.24) is 5.32 Å². The van der Waals surface area contributed by atoms with E-state index in [1.807, 2.05) is 0 Å². The number of hydrogen-bond acceptors (Lipinski definition) is 5. The van der Waals surface area contributed by atoms with Crippen LogP contribution in [0.3, 0.4) is 0 Å². The van der Waals surface area contributed by atoms with Gasteiger partial charge in [0, 0.05) is 32.7 Å². The van der Waals surface area contributed by atoms with Gasteiger partial charge >= 0.3 is 0 Å². The highest BCUT2D eigenvalue weighted by molar-refractivity contribution is 6.24. The lowest BCUT2D eigenvalue weighted by atomic mass is 10.1. The maximum absolute atomic E-state index is 10.8. The number of nitrogens with one attached hydrogen (secondary N) is 1. The number of ether oxygens (including phenoxy) is 1. The topological polar surface area (TPSA) is 90.4 Å². The van der Waals surface area contributed by atoms with Crippen molar-refractivity contribution in [3.63, 3.8) is 0 Å². The summed E-state index contributed by atoms with van der Waals surface area (Å²) in [6.07, 6.45) is 3.04. The summed E-state index contributed by atoms with van der Waals surface area (Å²) in [6.45, 7) is 0.845. The summed E-state index contributed by atoms with van der Waals surface area (Å²) < 4.78 is 5.07. The fraction of sp³-hybridized carbons (Fsp3) is 0.556. The van der Waals surface area contributed by atoms with Gasteiger partial charge in [0.2, 0.25) is 0 Å². The van der Waals surface area contributed by atoms with Gasteiger partial charge in [-0.2, -0.15) is 0 Å². The highest BCUT2D eigenvalue weighted by atomic mass is 35.5. The first-order valence-electron chi connectivity index (χ1n) is 4.77. The van der Waals surface area contributed by atoms with E-state index >= 15 is 0 Å². The molecule has 0 aliphatic heterocycles. The Morgan fingerprint density at radius 2 is 2.50 bits per heavy atom. The molecule has 0 fully saturated rings. The molecule has 1 atom stereocenters. The monoisotopic (exact) mass is 247 g/mol. The van der Waals surface area contributed by atoms with E-state index in [1.54, 1.807) is 0 Å². The van der Waals surface area contributed by atoms with Gasteiger partial charge in [0.15, 0.2) is 5.06 Å². The molecule has 3 N–H and O–H groups in total. The van der Waals surface area contributed by atoms with Crippen molar-refractivity contribution in [2.45, 2.75) is 11.5 Å². The molecule has 7 heteroatoms. The number of alkyl halides is 1. The second-order valence-electron chi connectivity index (χ2n) is 3.34.